The number of amides is 1. The van der Waals surface area contributed by atoms with E-state index < -0.39 is 0 Å². The minimum atomic E-state index is -0.372. The molecule has 0 radical (unpaired) electrons. The van der Waals surface area contributed by atoms with Gasteiger partial charge in [0.05, 0.1) is 24.0 Å². The number of anilines is 1. The van der Waals surface area contributed by atoms with Crippen LogP contribution in [-0.2, 0) is 6.54 Å². The highest BCUT2D eigenvalue weighted by Crippen LogP contribution is 2.20. The molecule has 0 aliphatic carbocycles. The van der Waals surface area contributed by atoms with Gasteiger partial charge < -0.3 is 10.4 Å². The molecule has 23 heavy (non-hydrogen) atoms. The van der Waals surface area contributed by atoms with Crippen LogP contribution in [0.5, 0.6) is 5.75 Å². The first-order valence-electron chi connectivity index (χ1n) is 7.14. The van der Waals surface area contributed by atoms with Gasteiger partial charge in [-0.05, 0) is 36.2 Å². The Kier molecular flexibility index (Phi) is 4.05. The molecule has 116 valence electrons. The second-order valence-electron chi connectivity index (χ2n) is 5.26. The average Bonchev–Trinajstić information content (AvgIpc) is 2.95. The van der Waals surface area contributed by atoms with E-state index in [9.17, 15) is 9.90 Å². The van der Waals surface area contributed by atoms with Crippen LogP contribution >= 0.6 is 0 Å². The van der Waals surface area contributed by atoms with E-state index in [1.165, 1.54) is 0 Å². The Balaban J connectivity index is 1.70. The summed E-state index contributed by atoms with van der Waals surface area (Å²) in [6.45, 7) is 2.42. The molecule has 0 atom stereocenters. The summed E-state index contributed by atoms with van der Waals surface area (Å²) < 4.78 is 1.71. The molecule has 2 N–H and O–H groups in total. The first-order chi connectivity index (χ1) is 11.1. The number of benzene rings is 1. The number of carbonyl (C=O) groups excluding carboxylic acids is 1. The van der Waals surface area contributed by atoms with Gasteiger partial charge in [-0.3, -0.25) is 14.5 Å². The van der Waals surface area contributed by atoms with Gasteiger partial charge >= 0.3 is 0 Å². The summed E-state index contributed by atoms with van der Waals surface area (Å²) >= 11 is 0. The summed E-state index contributed by atoms with van der Waals surface area (Å²) in [5.74, 6) is -0.409. The number of phenols is 1. The zero-order valence-electron chi connectivity index (χ0n) is 12.6. The summed E-state index contributed by atoms with van der Waals surface area (Å²) in [5.41, 5.74) is 2.71. The quantitative estimate of drug-likeness (QED) is 0.776. The third-order valence-corrected chi connectivity index (χ3v) is 3.36. The molecule has 6 nitrogen and oxygen atoms in total. The molecular weight excluding hydrogens is 292 g/mol. The van der Waals surface area contributed by atoms with Crippen molar-refractivity contribution in [2.75, 3.05) is 5.32 Å². The van der Waals surface area contributed by atoms with Crippen molar-refractivity contribution in [3.05, 3.63) is 71.8 Å². The molecule has 2 aromatic heterocycles. The monoisotopic (exact) mass is 308 g/mol. The summed E-state index contributed by atoms with van der Waals surface area (Å²) in [7, 11) is 0. The highest BCUT2D eigenvalue weighted by molar-refractivity contribution is 6.06. The number of aromatic hydroxyl groups is 1. The average molecular weight is 308 g/mol. The predicted molar refractivity (Wildman–Crippen MR) is 86.4 cm³/mol. The van der Waals surface area contributed by atoms with Gasteiger partial charge in [0.1, 0.15) is 5.75 Å². The topological polar surface area (TPSA) is 80.0 Å². The largest absolute Gasteiger partial charge is 0.507 e. The van der Waals surface area contributed by atoms with Crippen molar-refractivity contribution < 1.29 is 9.90 Å². The van der Waals surface area contributed by atoms with Crippen LogP contribution in [0, 0.1) is 6.92 Å². The van der Waals surface area contributed by atoms with Gasteiger partial charge in [-0.15, -0.1) is 0 Å². The van der Waals surface area contributed by atoms with Crippen molar-refractivity contribution in [1.29, 1.82) is 0 Å². The molecule has 0 spiro atoms. The van der Waals surface area contributed by atoms with Gasteiger partial charge in [0.25, 0.3) is 5.91 Å². The zero-order valence-corrected chi connectivity index (χ0v) is 12.6. The molecule has 0 saturated heterocycles. The molecule has 0 aliphatic rings. The minimum absolute atomic E-state index is 0.0368. The number of phenolic OH excluding ortho intramolecular Hbond substituents is 1. The van der Waals surface area contributed by atoms with Gasteiger partial charge in [0.15, 0.2) is 0 Å². The molecular formula is C17H16N4O2. The fourth-order valence-corrected chi connectivity index (χ4v) is 2.23. The molecule has 0 aliphatic heterocycles. The maximum absolute atomic E-state index is 12.2. The highest BCUT2D eigenvalue weighted by Gasteiger charge is 2.12. The Morgan fingerprint density at radius 1 is 1.30 bits per heavy atom. The second kappa shape index (κ2) is 6.31. The van der Waals surface area contributed by atoms with Gasteiger partial charge in [-0.1, -0.05) is 12.1 Å². The number of pyridine rings is 1. The summed E-state index contributed by atoms with van der Waals surface area (Å²) in [6.07, 6.45) is 6.78. The molecule has 3 aromatic rings. The van der Waals surface area contributed by atoms with Crippen LogP contribution in [0.15, 0.2) is 55.1 Å². The van der Waals surface area contributed by atoms with Gasteiger partial charge in [0, 0.05) is 18.6 Å². The standard InChI is InChI=1S/C17H16N4O2/c1-12-4-5-15(16(22)7-12)17(23)20-14-9-19-21(11-14)10-13-3-2-6-18-8-13/h2-9,11,22H,10H2,1H3,(H,20,23). The van der Waals surface area contributed by atoms with Crippen molar-refractivity contribution in [3.8, 4) is 5.75 Å². The molecule has 0 bridgehead atoms. The number of rotatable bonds is 4. The third kappa shape index (κ3) is 3.55. The van der Waals surface area contributed by atoms with Crippen LogP contribution in [-0.4, -0.2) is 25.8 Å². The number of nitrogens with zero attached hydrogens (tertiary/aromatic N) is 3. The lowest BCUT2D eigenvalue weighted by atomic mass is 10.1. The van der Waals surface area contributed by atoms with Crippen molar-refractivity contribution >= 4 is 11.6 Å². The molecule has 1 aromatic carbocycles. The van der Waals surface area contributed by atoms with Gasteiger partial charge in [-0.25, -0.2) is 0 Å². The number of aryl methyl sites for hydroxylation is 1. The Hall–Kier alpha value is -3.15. The molecule has 2 heterocycles. The highest BCUT2D eigenvalue weighted by atomic mass is 16.3. The van der Waals surface area contributed by atoms with Crippen molar-refractivity contribution in [2.24, 2.45) is 0 Å². The lowest BCUT2D eigenvalue weighted by Crippen LogP contribution is -2.11. The Bertz CT molecular complexity index is 828. The minimum Gasteiger partial charge on any atom is -0.507 e. The molecule has 6 heteroatoms. The van der Waals surface area contributed by atoms with Gasteiger partial charge in [0.2, 0.25) is 0 Å². The Morgan fingerprint density at radius 3 is 2.91 bits per heavy atom. The molecule has 3 rings (SSSR count). The number of aromatic nitrogens is 3. The van der Waals surface area contributed by atoms with Crippen molar-refractivity contribution in [1.82, 2.24) is 14.8 Å². The van der Waals surface area contributed by atoms with Crippen molar-refractivity contribution in [3.63, 3.8) is 0 Å². The van der Waals surface area contributed by atoms with E-state index in [1.54, 1.807) is 47.7 Å². The number of hydrogen-bond acceptors (Lipinski definition) is 4. The van der Waals surface area contributed by atoms with E-state index in [4.69, 9.17) is 0 Å². The zero-order chi connectivity index (χ0) is 16.2. The summed E-state index contributed by atoms with van der Waals surface area (Å²) in [6, 6.07) is 8.75. The maximum Gasteiger partial charge on any atom is 0.259 e. The predicted octanol–water partition coefficient (Wildman–Crippen LogP) is 2.59. The van der Waals surface area contributed by atoms with E-state index >= 15 is 0 Å². The molecule has 1 amide bonds. The van der Waals surface area contributed by atoms with E-state index in [0.717, 1.165) is 11.1 Å². The fourth-order valence-electron chi connectivity index (χ4n) is 2.23. The first-order valence-corrected chi connectivity index (χ1v) is 7.14. The van der Waals surface area contributed by atoms with E-state index in [1.807, 2.05) is 19.1 Å². The van der Waals surface area contributed by atoms with Crippen molar-refractivity contribution in [2.45, 2.75) is 13.5 Å². The molecule has 0 unspecified atom stereocenters. The van der Waals surface area contributed by atoms with Crippen LogP contribution in [0.2, 0.25) is 0 Å². The third-order valence-electron chi connectivity index (χ3n) is 3.36. The maximum atomic E-state index is 12.2. The SMILES string of the molecule is Cc1ccc(C(=O)Nc2cnn(Cc3cccnc3)c2)c(O)c1. The summed E-state index contributed by atoms with van der Waals surface area (Å²) in [5, 5.41) is 16.8. The van der Waals surface area contributed by atoms with E-state index in [-0.39, 0.29) is 17.2 Å². The Labute approximate surface area is 133 Å². The van der Waals surface area contributed by atoms with E-state index in [2.05, 4.69) is 15.4 Å². The van der Waals surface area contributed by atoms with E-state index in [0.29, 0.717) is 12.2 Å². The number of nitrogens with one attached hydrogen (secondary N) is 1. The van der Waals surface area contributed by atoms with Crippen LogP contribution in [0.3, 0.4) is 0 Å². The lowest BCUT2D eigenvalue weighted by Gasteiger charge is -2.05. The first kappa shape index (κ1) is 14.8. The number of hydrogen-bond donors (Lipinski definition) is 2. The molecule has 0 fully saturated rings. The normalized spacial score (nSPS) is 10.5. The van der Waals surface area contributed by atoms with Gasteiger partial charge in [-0.2, -0.15) is 5.10 Å². The lowest BCUT2D eigenvalue weighted by molar-refractivity contribution is 0.102. The number of carbonyl (C=O) groups is 1. The van der Waals surface area contributed by atoms with Crippen LogP contribution < -0.4 is 5.32 Å². The smallest absolute Gasteiger partial charge is 0.259 e. The second-order valence-corrected chi connectivity index (χ2v) is 5.26. The summed E-state index contributed by atoms with van der Waals surface area (Å²) in [4.78, 5) is 16.2. The van der Waals surface area contributed by atoms with Crippen LogP contribution in [0.4, 0.5) is 5.69 Å². The van der Waals surface area contributed by atoms with Crippen LogP contribution in [0.25, 0.3) is 0 Å². The van der Waals surface area contributed by atoms with Crippen LogP contribution in [0.1, 0.15) is 21.5 Å². The fraction of sp³-hybridized carbons (Fsp3) is 0.118. The Morgan fingerprint density at radius 2 is 2.17 bits per heavy atom. The molecule has 0 saturated carbocycles.